The minimum atomic E-state index is -1.10. The minimum absolute atomic E-state index is 0.302. The summed E-state index contributed by atoms with van der Waals surface area (Å²) in [6.45, 7) is 0. The average Bonchev–Trinajstić information content (AvgIpc) is 2.44. The molecule has 0 saturated carbocycles. The molecular formula is C13H13Br2NO5. The first-order valence-electron chi connectivity index (χ1n) is 5.79. The van der Waals surface area contributed by atoms with Crippen molar-refractivity contribution in [2.75, 3.05) is 14.2 Å². The molecule has 0 aromatic heterocycles. The fourth-order valence-electron chi connectivity index (χ4n) is 1.51. The van der Waals surface area contributed by atoms with Crippen molar-refractivity contribution in [2.45, 2.75) is 12.5 Å². The highest BCUT2D eigenvalue weighted by atomic mass is 79.9. The van der Waals surface area contributed by atoms with E-state index in [0.717, 1.165) is 0 Å². The molecule has 1 aromatic carbocycles. The van der Waals surface area contributed by atoms with Gasteiger partial charge >= 0.3 is 11.9 Å². The predicted octanol–water partition coefficient (Wildman–Crippen LogP) is 2.05. The van der Waals surface area contributed by atoms with Crippen molar-refractivity contribution in [3.8, 4) is 0 Å². The van der Waals surface area contributed by atoms with Crippen molar-refractivity contribution < 1.29 is 23.9 Å². The van der Waals surface area contributed by atoms with Crippen LogP contribution in [0.5, 0.6) is 0 Å². The van der Waals surface area contributed by atoms with Gasteiger partial charge in [0, 0.05) is 14.5 Å². The molecule has 1 atom stereocenters. The lowest BCUT2D eigenvalue weighted by molar-refractivity contribution is -0.149. The van der Waals surface area contributed by atoms with Gasteiger partial charge in [-0.15, -0.1) is 0 Å². The van der Waals surface area contributed by atoms with Gasteiger partial charge in [-0.3, -0.25) is 9.59 Å². The second kappa shape index (κ2) is 8.14. The SMILES string of the molecule is COC(=O)C[C@H](NC(=O)c1cc(Br)cc(Br)c1)C(=O)OC. The molecule has 21 heavy (non-hydrogen) atoms. The molecule has 0 radical (unpaired) electrons. The van der Waals surface area contributed by atoms with Crippen LogP contribution in [0.3, 0.4) is 0 Å². The molecule has 0 unspecified atom stereocenters. The normalized spacial score (nSPS) is 11.4. The van der Waals surface area contributed by atoms with Crippen molar-refractivity contribution in [1.82, 2.24) is 5.32 Å². The highest BCUT2D eigenvalue weighted by Crippen LogP contribution is 2.20. The standard InChI is InChI=1S/C13H13Br2NO5/c1-20-11(17)6-10(13(19)21-2)16-12(18)7-3-8(14)5-9(15)4-7/h3-5,10H,6H2,1-2H3,(H,16,18)/t10-/m0/s1. The second-order valence-corrected chi connectivity index (χ2v) is 5.82. The Morgan fingerprint density at radius 1 is 1.10 bits per heavy atom. The molecule has 6 nitrogen and oxygen atoms in total. The van der Waals surface area contributed by atoms with Crippen LogP contribution in [-0.2, 0) is 19.1 Å². The van der Waals surface area contributed by atoms with Crippen LogP contribution < -0.4 is 5.32 Å². The maximum Gasteiger partial charge on any atom is 0.328 e. The molecule has 114 valence electrons. The molecule has 0 aliphatic heterocycles. The monoisotopic (exact) mass is 421 g/mol. The Labute approximate surface area is 138 Å². The van der Waals surface area contributed by atoms with Crippen LogP contribution in [-0.4, -0.2) is 38.1 Å². The third-order valence-electron chi connectivity index (χ3n) is 2.51. The van der Waals surface area contributed by atoms with E-state index >= 15 is 0 Å². The summed E-state index contributed by atoms with van der Waals surface area (Å²) in [6.07, 6.45) is -0.302. The highest BCUT2D eigenvalue weighted by Gasteiger charge is 2.25. The molecule has 1 amide bonds. The van der Waals surface area contributed by atoms with Crippen molar-refractivity contribution in [3.63, 3.8) is 0 Å². The van der Waals surface area contributed by atoms with Gasteiger partial charge in [-0.1, -0.05) is 31.9 Å². The van der Waals surface area contributed by atoms with Gasteiger partial charge in [0.25, 0.3) is 5.91 Å². The number of carbonyl (C=O) groups is 3. The molecule has 0 aliphatic carbocycles. The Kier molecular flexibility index (Phi) is 6.83. The zero-order chi connectivity index (χ0) is 16.0. The van der Waals surface area contributed by atoms with Gasteiger partial charge < -0.3 is 14.8 Å². The molecule has 1 N–H and O–H groups in total. The number of benzene rings is 1. The van der Waals surface area contributed by atoms with Gasteiger partial charge in [0.15, 0.2) is 0 Å². The third-order valence-corrected chi connectivity index (χ3v) is 3.43. The Bertz CT molecular complexity index is 541. The van der Waals surface area contributed by atoms with Gasteiger partial charge in [0.1, 0.15) is 6.04 Å². The summed E-state index contributed by atoms with van der Waals surface area (Å²) >= 11 is 6.53. The van der Waals surface area contributed by atoms with Crippen LogP contribution in [0.4, 0.5) is 0 Å². The number of hydrogen-bond acceptors (Lipinski definition) is 5. The molecule has 8 heteroatoms. The third kappa shape index (κ3) is 5.47. The summed E-state index contributed by atoms with van der Waals surface area (Å²) in [4.78, 5) is 35.0. The summed E-state index contributed by atoms with van der Waals surface area (Å²) in [5.41, 5.74) is 0.329. The highest BCUT2D eigenvalue weighted by molar-refractivity contribution is 9.11. The average molecular weight is 423 g/mol. The van der Waals surface area contributed by atoms with E-state index in [4.69, 9.17) is 0 Å². The Morgan fingerprint density at radius 2 is 1.67 bits per heavy atom. The smallest absolute Gasteiger partial charge is 0.328 e. The number of rotatable bonds is 5. The van der Waals surface area contributed by atoms with Crippen LogP contribution in [0.2, 0.25) is 0 Å². The van der Waals surface area contributed by atoms with Gasteiger partial charge in [0.05, 0.1) is 20.6 Å². The molecule has 1 rings (SSSR count). The second-order valence-electron chi connectivity index (χ2n) is 3.99. The van der Waals surface area contributed by atoms with E-state index in [1.807, 2.05) is 0 Å². The number of ether oxygens (including phenoxy) is 2. The zero-order valence-electron chi connectivity index (χ0n) is 11.3. The fraction of sp³-hybridized carbons (Fsp3) is 0.308. The molecule has 0 fully saturated rings. The zero-order valence-corrected chi connectivity index (χ0v) is 14.5. The predicted molar refractivity (Wildman–Crippen MR) is 81.7 cm³/mol. The quantitative estimate of drug-likeness (QED) is 0.734. The lowest BCUT2D eigenvalue weighted by Gasteiger charge is -2.15. The van der Waals surface area contributed by atoms with Crippen molar-refractivity contribution in [2.24, 2.45) is 0 Å². The summed E-state index contributed by atoms with van der Waals surface area (Å²) < 4.78 is 10.4. The maximum absolute atomic E-state index is 12.1. The van der Waals surface area contributed by atoms with E-state index in [0.29, 0.717) is 14.5 Å². The molecule has 0 spiro atoms. The van der Waals surface area contributed by atoms with E-state index in [1.165, 1.54) is 14.2 Å². The lowest BCUT2D eigenvalue weighted by Crippen LogP contribution is -2.43. The molecule has 0 heterocycles. The summed E-state index contributed by atoms with van der Waals surface area (Å²) in [5, 5.41) is 2.45. The first kappa shape index (κ1) is 17.6. The molecule has 1 aromatic rings. The number of hydrogen-bond donors (Lipinski definition) is 1. The number of amides is 1. The molecule has 0 aliphatic rings. The maximum atomic E-state index is 12.1. The van der Waals surface area contributed by atoms with Crippen LogP contribution in [0.1, 0.15) is 16.8 Å². The Hall–Kier alpha value is -1.41. The summed E-state index contributed by atoms with van der Waals surface area (Å²) in [6, 6.07) is 3.84. The topological polar surface area (TPSA) is 81.7 Å². The summed E-state index contributed by atoms with van der Waals surface area (Å²) in [7, 11) is 2.37. The minimum Gasteiger partial charge on any atom is -0.469 e. The van der Waals surface area contributed by atoms with Crippen molar-refractivity contribution in [3.05, 3.63) is 32.7 Å². The number of nitrogens with one attached hydrogen (secondary N) is 1. The number of methoxy groups -OCH3 is 2. The van der Waals surface area contributed by atoms with E-state index in [-0.39, 0.29) is 6.42 Å². The van der Waals surface area contributed by atoms with E-state index in [1.54, 1.807) is 18.2 Å². The summed E-state index contributed by atoms with van der Waals surface area (Å²) in [5.74, 6) is -1.85. The molecule has 0 bridgehead atoms. The van der Waals surface area contributed by atoms with Crippen LogP contribution in [0.15, 0.2) is 27.1 Å². The Balaban J connectivity index is 2.89. The van der Waals surface area contributed by atoms with Crippen LogP contribution in [0, 0.1) is 0 Å². The first-order chi connectivity index (χ1) is 9.87. The van der Waals surface area contributed by atoms with Gasteiger partial charge in [0.2, 0.25) is 0 Å². The van der Waals surface area contributed by atoms with Crippen molar-refractivity contribution >= 4 is 49.7 Å². The lowest BCUT2D eigenvalue weighted by atomic mass is 10.1. The van der Waals surface area contributed by atoms with E-state index < -0.39 is 23.9 Å². The van der Waals surface area contributed by atoms with Crippen LogP contribution in [0.25, 0.3) is 0 Å². The number of carbonyl (C=O) groups excluding carboxylic acids is 3. The number of esters is 2. The fourth-order valence-corrected chi connectivity index (χ4v) is 2.81. The van der Waals surface area contributed by atoms with Gasteiger partial charge in [-0.2, -0.15) is 0 Å². The van der Waals surface area contributed by atoms with Crippen molar-refractivity contribution in [1.29, 1.82) is 0 Å². The van der Waals surface area contributed by atoms with E-state index in [9.17, 15) is 14.4 Å². The first-order valence-corrected chi connectivity index (χ1v) is 7.37. The van der Waals surface area contributed by atoms with Gasteiger partial charge in [-0.05, 0) is 18.2 Å². The molecule has 0 saturated heterocycles. The van der Waals surface area contributed by atoms with Gasteiger partial charge in [-0.25, -0.2) is 4.79 Å². The van der Waals surface area contributed by atoms with Crippen LogP contribution >= 0.6 is 31.9 Å². The largest absolute Gasteiger partial charge is 0.469 e. The van der Waals surface area contributed by atoms with E-state index in [2.05, 4.69) is 46.7 Å². The Morgan fingerprint density at radius 3 is 2.14 bits per heavy atom. The number of halogens is 2. The molecular weight excluding hydrogens is 410 g/mol.